The van der Waals surface area contributed by atoms with Crippen LogP contribution in [0.2, 0.25) is 0 Å². The molecule has 146 valence electrons. The first-order valence-corrected chi connectivity index (χ1v) is 9.35. The Kier molecular flexibility index (Phi) is 6.60. The van der Waals surface area contributed by atoms with Crippen molar-refractivity contribution in [2.24, 2.45) is 0 Å². The van der Waals surface area contributed by atoms with Crippen molar-refractivity contribution in [1.82, 2.24) is 5.32 Å². The van der Waals surface area contributed by atoms with Crippen LogP contribution in [0.4, 0.5) is 0 Å². The lowest BCUT2D eigenvalue weighted by Crippen LogP contribution is -2.22. The minimum atomic E-state index is -0.320. The molecule has 1 aromatic heterocycles. The zero-order valence-electron chi connectivity index (χ0n) is 15.5. The fraction of sp³-hybridized carbons (Fsp3) is 0.190. The summed E-state index contributed by atoms with van der Waals surface area (Å²) in [5, 5.41) is 2.82. The molecule has 1 N–H and O–H groups in total. The van der Waals surface area contributed by atoms with Crippen molar-refractivity contribution in [1.29, 1.82) is 0 Å². The van der Waals surface area contributed by atoms with E-state index >= 15 is 0 Å². The van der Waals surface area contributed by atoms with E-state index in [0.29, 0.717) is 17.3 Å². The molecule has 0 aliphatic carbocycles. The summed E-state index contributed by atoms with van der Waals surface area (Å²) >= 11 is 3.38. The van der Waals surface area contributed by atoms with Crippen LogP contribution in [-0.2, 0) is 13.2 Å². The summed E-state index contributed by atoms with van der Waals surface area (Å²) in [6.45, 7) is 0.517. The van der Waals surface area contributed by atoms with Gasteiger partial charge in [0.25, 0.3) is 5.91 Å². The molecule has 0 fully saturated rings. The highest BCUT2D eigenvalue weighted by Gasteiger charge is 2.14. The molecule has 28 heavy (non-hydrogen) atoms. The molecule has 3 aromatic rings. The van der Waals surface area contributed by atoms with Crippen LogP contribution in [0.3, 0.4) is 0 Å². The first kappa shape index (κ1) is 19.8. The highest BCUT2D eigenvalue weighted by molar-refractivity contribution is 9.10. The Morgan fingerprint density at radius 1 is 1.04 bits per heavy atom. The van der Waals surface area contributed by atoms with Gasteiger partial charge in [-0.1, -0.05) is 28.1 Å². The molecule has 1 amide bonds. The van der Waals surface area contributed by atoms with E-state index in [-0.39, 0.29) is 24.8 Å². The number of rotatable bonds is 8. The lowest BCUT2D eigenvalue weighted by molar-refractivity contribution is 0.0918. The molecule has 0 aliphatic heterocycles. The zero-order valence-corrected chi connectivity index (χ0v) is 17.1. The first-order valence-electron chi connectivity index (χ1n) is 8.56. The van der Waals surface area contributed by atoms with Crippen molar-refractivity contribution in [3.05, 3.63) is 76.2 Å². The number of benzene rings is 2. The quantitative estimate of drug-likeness (QED) is 0.549. The SMILES string of the molecule is COc1cccc(CNC(=O)c2ccc(COc3ccc(Br)cc3)o2)c1OC. The van der Waals surface area contributed by atoms with E-state index in [1.807, 2.05) is 36.4 Å². The molecule has 1 heterocycles. The Bertz CT molecular complexity index is 936. The summed E-state index contributed by atoms with van der Waals surface area (Å²) in [4.78, 5) is 12.4. The third kappa shape index (κ3) is 4.86. The lowest BCUT2D eigenvalue weighted by Gasteiger charge is -2.12. The fourth-order valence-electron chi connectivity index (χ4n) is 2.62. The van der Waals surface area contributed by atoms with E-state index in [0.717, 1.165) is 15.8 Å². The summed E-state index contributed by atoms with van der Waals surface area (Å²) in [5.41, 5.74) is 0.806. The average Bonchev–Trinajstić information content (AvgIpc) is 3.20. The highest BCUT2D eigenvalue weighted by Crippen LogP contribution is 2.30. The number of hydrogen-bond donors (Lipinski definition) is 1. The number of para-hydroxylation sites is 1. The van der Waals surface area contributed by atoms with E-state index in [1.54, 1.807) is 32.4 Å². The molecule has 0 aliphatic rings. The van der Waals surface area contributed by atoms with Crippen LogP contribution in [0.15, 0.2) is 63.5 Å². The Hall–Kier alpha value is -2.93. The number of carbonyl (C=O) groups is 1. The zero-order chi connectivity index (χ0) is 19.9. The van der Waals surface area contributed by atoms with Crippen molar-refractivity contribution in [3.63, 3.8) is 0 Å². The maximum atomic E-state index is 12.4. The third-order valence-corrected chi connectivity index (χ3v) is 4.53. The first-order chi connectivity index (χ1) is 13.6. The topological polar surface area (TPSA) is 69.9 Å². The Morgan fingerprint density at radius 3 is 2.54 bits per heavy atom. The molecule has 2 aromatic carbocycles. The van der Waals surface area contributed by atoms with Crippen LogP contribution < -0.4 is 19.5 Å². The van der Waals surface area contributed by atoms with Gasteiger partial charge in [0.15, 0.2) is 17.3 Å². The molecule has 0 radical (unpaired) electrons. The van der Waals surface area contributed by atoms with Crippen molar-refractivity contribution >= 4 is 21.8 Å². The Balaban J connectivity index is 1.58. The standard InChI is InChI=1S/C21H20BrNO5/c1-25-18-5-3-4-14(20(18)26-2)12-23-21(24)19-11-10-17(28-19)13-27-16-8-6-15(22)7-9-16/h3-11H,12-13H2,1-2H3,(H,23,24). The van der Waals surface area contributed by atoms with Gasteiger partial charge in [-0.2, -0.15) is 0 Å². The molecule has 0 saturated heterocycles. The van der Waals surface area contributed by atoms with E-state index in [9.17, 15) is 4.79 Å². The van der Waals surface area contributed by atoms with E-state index in [4.69, 9.17) is 18.6 Å². The second-order valence-electron chi connectivity index (χ2n) is 5.84. The minimum absolute atomic E-state index is 0.219. The summed E-state index contributed by atoms with van der Waals surface area (Å²) < 4.78 is 22.8. The van der Waals surface area contributed by atoms with Crippen molar-refractivity contribution in [3.8, 4) is 17.2 Å². The van der Waals surface area contributed by atoms with E-state index in [2.05, 4.69) is 21.2 Å². The smallest absolute Gasteiger partial charge is 0.287 e. The van der Waals surface area contributed by atoms with E-state index < -0.39 is 0 Å². The molecular weight excluding hydrogens is 426 g/mol. The number of amides is 1. The fourth-order valence-corrected chi connectivity index (χ4v) is 2.88. The van der Waals surface area contributed by atoms with Crippen molar-refractivity contribution in [2.45, 2.75) is 13.2 Å². The normalized spacial score (nSPS) is 10.4. The van der Waals surface area contributed by atoms with Crippen LogP contribution in [0, 0.1) is 0 Å². The van der Waals surface area contributed by atoms with Gasteiger partial charge in [0.2, 0.25) is 0 Å². The largest absolute Gasteiger partial charge is 0.493 e. The number of methoxy groups -OCH3 is 2. The number of ether oxygens (including phenoxy) is 3. The maximum Gasteiger partial charge on any atom is 0.287 e. The molecule has 0 bridgehead atoms. The minimum Gasteiger partial charge on any atom is -0.493 e. The highest BCUT2D eigenvalue weighted by atomic mass is 79.9. The van der Waals surface area contributed by atoms with Gasteiger partial charge in [-0.15, -0.1) is 0 Å². The number of furan rings is 1. The number of hydrogen-bond acceptors (Lipinski definition) is 5. The third-order valence-electron chi connectivity index (χ3n) is 4.00. The summed E-state index contributed by atoms with van der Waals surface area (Å²) in [5.74, 6) is 2.38. The summed E-state index contributed by atoms with van der Waals surface area (Å²) in [7, 11) is 3.13. The molecule has 6 nitrogen and oxygen atoms in total. The average molecular weight is 446 g/mol. The molecule has 3 rings (SSSR count). The molecule has 7 heteroatoms. The van der Waals surface area contributed by atoms with Crippen LogP contribution in [0.1, 0.15) is 21.9 Å². The monoisotopic (exact) mass is 445 g/mol. The number of carbonyl (C=O) groups excluding carboxylic acids is 1. The van der Waals surface area contributed by atoms with Crippen molar-refractivity contribution in [2.75, 3.05) is 14.2 Å². The predicted molar refractivity (Wildman–Crippen MR) is 108 cm³/mol. The van der Waals surface area contributed by atoms with Gasteiger partial charge in [0.1, 0.15) is 18.1 Å². The summed E-state index contributed by atoms with van der Waals surface area (Å²) in [6.07, 6.45) is 0. The van der Waals surface area contributed by atoms with Gasteiger partial charge in [-0.05, 0) is 42.5 Å². The number of halogens is 1. The van der Waals surface area contributed by atoms with Crippen LogP contribution in [0.25, 0.3) is 0 Å². The Labute approximate surface area is 171 Å². The van der Waals surface area contributed by atoms with Crippen LogP contribution in [0.5, 0.6) is 17.2 Å². The van der Waals surface area contributed by atoms with Crippen molar-refractivity contribution < 1.29 is 23.4 Å². The molecule has 0 atom stereocenters. The van der Waals surface area contributed by atoms with Gasteiger partial charge < -0.3 is 23.9 Å². The molecule has 0 saturated carbocycles. The Morgan fingerprint density at radius 2 is 1.82 bits per heavy atom. The van der Waals surface area contributed by atoms with Crippen LogP contribution in [-0.4, -0.2) is 20.1 Å². The van der Waals surface area contributed by atoms with Crippen LogP contribution >= 0.6 is 15.9 Å². The second kappa shape index (κ2) is 9.32. The number of nitrogens with one attached hydrogen (secondary N) is 1. The summed E-state index contributed by atoms with van der Waals surface area (Å²) in [6, 6.07) is 16.3. The second-order valence-corrected chi connectivity index (χ2v) is 6.76. The van der Waals surface area contributed by atoms with Gasteiger partial charge in [0.05, 0.1) is 14.2 Å². The molecular formula is C21H20BrNO5. The lowest BCUT2D eigenvalue weighted by atomic mass is 10.2. The van der Waals surface area contributed by atoms with Gasteiger partial charge in [-0.3, -0.25) is 4.79 Å². The maximum absolute atomic E-state index is 12.4. The van der Waals surface area contributed by atoms with E-state index in [1.165, 1.54) is 0 Å². The molecule has 0 unspecified atom stereocenters. The van der Waals surface area contributed by atoms with Gasteiger partial charge in [-0.25, -0.2) is 0 Å². The predicted octanol–water partition coefficient (Wildman–Crippen LogP) is 4.57. The molecule has 0 spiro atoms. The van der Waals surface area contributed by atoms with Gasteiger partial charge >= 0.3 is 0 Å². The van der Waals surface area contributed by atoms with Gasteiger partial charge in [0, 0.05) is 16.6 Å².